The standard InChI is InChI=1S/C11H14FN5/c1-2-17-7-6-15-11(17)10(16-13)9-8(12)4-3-5-14-9/h3-7,10,16H,2,13H2,1H3. The van der Waals surface area contributed by atoms with Gasteiger partial charge in [-0.25, -0.2) is 14.8 Å². The van der Waals surface area contributed by atoms with Crippen molar-refractivity contribution in [3.05, 3.63) is 48.1 Å². The first-order valence-corrected chi connectivity index (χ1v) is 5.35. The smallest absolute Gasteiger partial charge is 0.146 e. The maximum atomic E-state index is 13.7. The Kier molecular flexibility index (Phi) is 3.46. The molecule has 2 rings (SSSR count). The van der Waals surface area contributed by atoms with E-state index in [2.05, 4.69) is 15.4 Å². The molecule has 2 aromatic heterocycles. The second kappa shape index (κ2) is 5.03. The monoisotopic (exact) mass is 235 g/mol. The highest BCUT2D eigenvalue weighted by atomic mass is 19.1. The Balaban J connectivity index is 2.44. The van der Waals surface area contributed by atoms with Crippen molar-refractivity contribution in [3.8, 4) is 0 Å². The summed E-state index contributed by atoms with van der Waals surface area (Å²) in [7, 11) is 0. The third-order valence-corrected chi connectivity index (χ3v) is 2.57. The van der Waals surface area contributed by atoms with E-state index in [9.17, 15) is 4.39 Å². The first-order valence-electron chi connectivity index (χ1n) is 5.35. The minimum Gasteiger partial charge on any atom is -0.334 e. The van der Waals surface area contributed by atoms with E-state index in [-0.39, 0.29) is 5.69 Å². The Morgan fingerprint density at radius 3 is 2.94 bits per heavy atom. The molecule has 0 aromatic carbocycles. The van der Waals surface area contributed by atoms with E-state index in [1.807, 2.05) is 17.7 Å². The number of rotatable bonds is 4. The first kappa shape index (κ1) is 11.7. The molecule has 0 spiro atoms. The number of halogens is 1. The van der Waals surface area contributed by atoms with Crippen molar-refractivity contribution in [2.24, 2.45) is 5.84 Å². The van der Waals surface area contributed by atoms with Gasteiger partial charge in [-0.15, -0.1) is 0 Å². The van der Waals surface area contributed by atoms with Crippen LogP contribution in [0.4, 0.5) is 4.39 Å². The number of hydrogen-bond acceptors (Lipinski definition) is 4. The number of nitrogens with two attached hydrogens (primary N) is 1. The number of hydrogen-bond donors (Lipinski definition) is 2. The van der Waals surface area contributed by atoms with Gasteiger partial charge in [-0.3, -0.25) is 10.8 Å². The summed E-state index contributed by atoms with van der Waals surface area (Å²) in [6, 6.07) is 2.34. The molecule has 0 radical (unpaired) electrons. The van der Waals surface area contributed by atoms with Crippen molar-refractivity contribution in [1.29, 1.82) is 0 Å². The van der Waals surface area contributed by atoms with E-state index in [0.29, 0.717) is 5.82 Å². The van der Waals surface area contributed by atoms with Crippen LogP contribution in [-0.4, -0.2) is 14.5 Å². The van der Waals surface area contributed by atoms with Gasteiger partial charge in [0.25, 0.3) is 0 Å². The summed E-state index contributed by atoms with van der Waals surface area (Å²) in [5.74, 6) is 5.72. The zero-order valence-corrected chi connectivity index (χ0v) is 9.47. The van der Waals surface area contributed by atoms with Crippen LogP contribution in [0.1, 0.15) is 24.5 Å². The molecule has 5 nitrogen and oxygen atoms in total. The molecule has 0 aliphatic carbocycles. The molecule has 6 heteroatoms. The van der Waals surface area contributed by atoms with Gasteiger partial charge in [0.2, 0.25) is 0 Å². The Labute approximate surface area is 98.5 Å². The van der Waals surface area contributed by atoms with E-state index >= 15 is 0 Å². The number of nitrogens with one attached hydrogen (secondary N) is 1. The molecule has 2 heterocycles. The van der Waals surface area contributed by atoms with Crippen molar-refractivity contribution in [3.63, 3.8) is 0 Å². The lowest BCUT2D eigenvalue weighted by Gasteiger charge is -2.16. The molecule has 2 aromatic rings. The topological polar surface area (TPSA) is 68.8 Å². The minimum atomic E-state index is -0.550. The van der Waals surface area contributed by atoms with Crippen LogP contribution >= 0.6 is 0 Å². The third-order valence-electron chi connectivity index (χ3n) is 2.57. The van der Waals surface area contributed by atoms with E-state index < -0.39 is 11.9 Å². The molecule has 1 unspecified atom stereocenters. The Morgan fingerprint density at radius 2 is 2.29 bits per heavy atom. The zero-order chi connectivity index (χ0) is 12.3. The average molecular weight is 235 g/mol. The van der Waals surface area contributed by atoms with Gasteiger partial charge in [0.1, 0.15) is 23.4 Å². The summed E-state index contributed by atoms with van der Waals surface area (Å²) >= 11 is 0. The lowest BCUT2D eigenvalue weighted by atomic mass is 10.1. The van der Waals surface area contributed by atoms with Gasteiger partial charge in [0.05, 0.1) is 0 Å². The van der Waals surface area contributed by atoms with Crippen LogP contribution in [0.15, 0.2) is 30.7 Å². The maximum Gasteiger partial charge on any atom is 0.146 e. The minimum absolute atomic E-state index is 0.246. The molecule has 0 saturated carbocycles. The fourth-order valence-corrected chi connectivity index (χ4v) is 1.73. The molecular formula is C11H14FN5. The average Bonchev–Trinajstić information content (AvgIpc) is 2.81. The number of imidazole rings is 1. The number of aryl methyl sites for hydroxylation is 1. The molecule has 0 bridgehead atoms. The number of aromatic nitrogens is 3. The first-order chi connectivity index (χ1) is 8.27. The van der Waals surface area contributed by atoms with Crippen molar-refractivity contribution in [1.82, 2.24) is 20.0 Å². The van der Waals surface area contributed by atoms with Gasteiger partial charge < -0.3 is 4.57 Å². The second-order valence-electron chi connectivity index (χ2n) is 3.54. The Bertz CT molecular complexity index is 496. The van der Waals surface area contributed by atoms with Crippen LogP contribution in [0.2, 0.25) is 0 Å². The highest BCUT2D eigenvalue weighted by Gasteiger charge is 2.21. The van der Waals surface area contributed by atoms with Gasteiger partial charge in [0.15, 0.2) is 0 Å². The number of hydrazine groups is 1. The molecule has 0 fully saturated rings. The van der Waals surface area contributed by atoms with E-state index in [4.69, 9.17) is 5.84 Å². The van der Waals surface area contributed by atoms with Crippen molar-refractivity contribution >= 4 is 0 Å². The van der Waals surface area contributed by atoms with Gasteiger partial charge in [-0.05, 0) is 19.1 Å². The van der Waals surface area contributed by atoms with Crippen molar-refractivity contribution in [2.75, 3.05) is 0 Å². The molecular weight excluding hydrogens is 221 g/mol. The molecule has 90 valence electrons. The zero-order valence-electron chi connectivity index (χ0n) is 9.47. The Hall–Kier alpha value is -1.79. The molecule has 17 heavy (non-hydrogen) atoms. The summed E-state index contributed by atoms with van der Waals surface area (Å²) < 4.78 is 15.5. The summed E-state index contributed by atoms with van der Waals surface area (Å²) in [5, 5.41) is 0. The lowest BCUT2D eigenvalue weighted by Crippen LogP contribution is -2.32. The summed E-state index contributed by atoms with van der Waals surface area (Å²) in [6.45, 7) is 2.72. The molecule has 3 N–H and O–H groups in total. The van der Waals surface area contributed by atoms with Crippen LogP contribution in [0.25, 0.3) is 0 Å². The second-order valence-corrected chi connectivity index (χ2v) is 3.54. The molecule has 0 saturated heterocycles. The highest BCUT2D eigenvalue weighted by Crippen LogP contribution is 2.20. The van der Waals surface area contributed by atoms with Gasteiger partial charge >= 0.3 is 0 Å². The predicted molar refractivity (Wildman–Crippen MR) is 61.3 cm³/mol. The van der Waals surface area contributed by atoms with Crippen LogP contribution in [0, 0.1) is 5.82 Å². The molecule has 0 aliphatic rings. The van der Waals surface area contributed by atoms with Gasteiger partial charge in [-0.1, -0.05) is 0 Å². The molecule has 0 aliphatic heterocycles. The van der Waals surface area contributed by atoms with Crippen LogP contribution in [0.5, 0.6) is 0 Å². The van der Waals surface area contributed by atoms with E-state index in [1.54, 1.807) is 12.3 Å². The van der Waals surface area contributed by atoms with Gasteiger partial charge in [-0.2, -0.15) is 0 Å². The van der Waals surface area contributed by atoms with E-state index in [1.165, 1.54) is 12.3 Å². The largest absolute Gasteiger partial charge is 0.334 e. The molecule has 0 amide bonds. The third kappa shape index (κ3) is 2.17. The summed E-state index contributed by atoms with van der Waals surface area (Å²) in [4.78, 5) is 8.20. The SMILES string of the molecule is CCn1ccnc1C(NN)c1ncccc1F. The fraction of sp³-hybridized carbons (Fsp3) is 0.273. The fourth-order valence-electron chi connectivity index (χ4n) is 1.73. The van der Waals surface area contributed by atoms with Crippen LogP contribution < -0.4 is 11.3 Å². The van der Waals surface area contributed by atoms with Crippen molar-refractivity contribution in [2.45, 2.75) is 19.5 Å². The van der Waals surface area contributed by atoms with E-state index in [0.717, 1.165) is 6.54 Å². The quantitative estimate of drug-likeness (QED) is 0.612. The predicted octanol–water partition coefficient (Wildman–Crippen LogP) is 0.990. The molecule has 1 atom stereocenters. The Morgan fingerprint density at radius 1 is 1.47 bits per heavy atom. The summed E-state index contributed by atoms with van der Waals surface area (Å²) in [5.41, 5.74) is 2.80. The normalized spacial score (nSPS) is 12.6. The lowest BCUT2D eigenvalue weighted by molar-refractivity contribution is 0.509. The van der Waals surface area contributed by atoms with Crippen molar-refractivity contribution < 1.29 is 4.39 Å². The van der Waals surface area contributed by atoms with Crippen LogP contribution in [-0.2, 0) is 6.54 Å². The summed E-state index contributed by atoms with van der Waals surface area (Å²) in [6.07, 6.45) is 5.01. The number of pyridine rings is 1. The van der Waals surface area contributed by atoms with Gasteiger partial charge in [0, 0.05) is 25.1 Å². The maximum absolute atomic E-state index is 13.7. The van der Waals surface area contributed by atoms with Crippen LogP contribution in [0.3, 0.4) is 0 Å². The number of nitrogens with zero attached hydrogens (tertiary/aromatic N) is 3. The highest BCUT2D eigenvalue weighted by molar-refractivity contribution is 5.19.